The van der Waals surface area contributed by atoms with Crippen LogP contribution in [0, 0.1) is 6.92 Å². The Morgan fingerprint density at radius 2 is 2.16 bits per heavy atom. The SMILES string of the molecule is Cc1nn(C)c(CN(Cc2cccs2)C(C)C)c1Br. The van der Waals surface area contributed by atoms with Crippen LogP contribution in [0.25, 0.3) is 0 Å². The van der Waals surface area contributed by atoms with Crippen LogP contribution in [0.4, 0.5) is 0 Å². The molecule has 0 radical (unpaired) electrons. The van der Waals surface area contributed by atoms with E-state index in [9.17, 15) is 0 Å². The van der Waals surface area contributed by atoms with Crippen LogP contribution in [0.5, 0.6) is 0 Å². The lowest BCUT2D eigenvalue weighted by atomic mass is 10.2. The maximum Gasteiger partial charge on any atom is 0.0739 e. The molecule has 0 N–H and O–H groups in total. The Balaban J connectivity index is 2.17. The van der Waals surface area contributed by atoms with Crippen molar-refractivity contribution in [3.63, 3.8) is 0 Å². The van der Waals surface area contributed by atoms with Gasteiger partial charge in [0.1, 0.15) is 0 Å². The number of halogens is 1. The van der Waals surface area contributed by atoms with E-state index in [1.807, 2.05) is 30.0 Å². The van der Waals surface area contributed by atoms with Gasteiger partial charge in [-0.15, -0.1) is 11.3 Å². The molecular formula is C14H20BrN3S. The number of hydrogen-bond donors (Lipinski definition) is 0. The fraction of sp³-hybridized carbons (Fsp3) is 0.500. The summed E-state index contributed by atoms with van der Waals surface area (Å²) in [6, 6.07) is 4.82. The molecule has 0 aliphatic carbocycles. The molecule has 0 aromatic carbocycles. The highest BCUT2D eigenvalue weighted by Gasteiger charge is 2.17. The van der Waals surface area contributed by atoms with E-state index >= 15 is 0 Å². The van der Waals surface area contributed by atoms with E-state index in [1.54, 1.807) is 0 Å². The van der Waals surface area contributed by atoms with Crippen molar-refractivity contribution in [2.75, 3.05) is 0 Å². The van der Waals surface area contributed by atoms with Gasteiger partial charge in [-0.1, -0.05) is 6.07 Å². The summed E-state index contributed by atoms with van der Waals surface area (Å²) in [5.74, 6) is 0. The van der Waals surface area contributed by atoms with Crippen LogP contribution in [-0.2, 0) is 20.1 Å². The molecular weight excluding hydrogens is 322 g/mol. The zero-order valence-electron chi connectivity index (χ0n) is 11.9. The average Bonchev–Trinajstić information content (AvgIpc) is 2.92. The number of hydrogen-bond acceptors (Lipinski definition) is 3. The Morgan fingerprint density at radius 1 is 1.42 bits per heavy atom. The number of aromatic nitrogens is 2. The van der Waals surface area contributed by atoms with Crippen molar-refractivity contribution in [2.24, 2.45) is 7.05 Å². The van der Waals surface area contributed by atoms with Crippen LogP contribution in [0.1, 0.15) is 30.1 Å². The molecule has 0 saturated carbocycles. The predicted molar refractivity (Wildman–Crippen MR) is 84.3 cm³/mol. The fourth-order valence-electron chi connectivity index (χ4n) is 2.07. The summed E-state index contributed by atoms with van der Waals surface area (Å²) < 4.78 is 3.11. The second-order valence-electron chi connectivity index (χ2n) is 5.05. The van der Waals surface area contributed by atoms with Crippen LogP contribution in [0.2, 0.25) is 0 Å². The molecule has 19 heavy (non-hydrogen) atoms. The standard InChI is InChI=1S/C14H20BrN3S/c1-10(2)18(8-12-6-5-7-19-12)9-13-14(15)11(3)16-17(13)4/h5-7,10H,8-9H2,1-4H3. The summed E-state index contributed by atoms with van der Waals surface area (Å²) in [6.45, 7) is 8.42. The third-order valence-electron chi connectivity index (χ3n) is 3.28. The zero-order chi connectivity index (χ0) is 14.0. The van der Waals surface area contributed by atoms with Crippen LogP contribution >= 0.6 is 27.3 Å². The summed E-state index contributed by atoms with van der Waals surface area (Å²) >= 11 is 5.47. The maximum absolute atomic E-state index is 4.47. The van der Waals surface area contributed by atoms with Crippen LogP contribution in [-0.4, -0.2) is 20.7 Å². The second kappa shape index (κ2) is 6.20. The first-order chi connectivity index (χ1) is 8.99. The van der Waals surface area contributed by atoms with E-state index in [-0.39, 0.29) is 0 Å². The highest BCUT2D eigenvalue weighted by atomic mass is 79.9. The Kier molecular flexibility index (Phi) is 4.81. The van der Waals surface area contributed by atoms with Crippen molar-refractivity contribution in [3.8, 4) is 0 Å². The normalized spacial score (nSPS) is 11.7. The van der Waals surface area contributed by atoms with Gasteiger partial charge in [0.2, 0.25) is 0 Å². The Labute approximate surface area is 127 Å². The van der Waals surface area contributed by atoms with Gasteiger partial charge >= 0.3 is 0 Å². The van der Waals surface area contributed by atoms with Crippen molar-refractivity contribution in [2.45, 2.75) is 39.9 Å². The molecule has 0 spiro atoms. The summed E-state index contributed by atoms with van der Waals surface area (Å²) in [5, 5.41) is 6.60. The summed E-state index contributed by atoms with van der Waals surface area (Å²) in [6.07, 6.45) is 0. The molecule has 5 heteroatoms. The van der Waals surface area contributed by atoms with Gasteiger partial charge in [-0.2, -0.15) is 5.10 Å². The summed E-state index contributed by atoms with van der Waals surface area (Å²) in [4.78, 5) is 3.87. The fourth-order valence-corrected chi connectivity index (χ4v) is 3.26. The quantitative estimate of drug-likeness (QED) is 0.820. The van der Waals surface area contributed by atoms with Gasteiger partial charge in [-0.25, -0.2) is 0 Å². The third-order valence-corrected chi connectivity index (χ3v) is 5.18. The van der Waals surface area contributed by atoms with Gasteiger partial charge in [-0.3, -0.25) is 9.58 Å². The zero-order valence-corrected chi connectivity index (χ0v) is 14.3. The summed E-state index contributed by atoms with van der Waals surface area (Å²) in [5.41, 5.74) is 2.29. The molecule has 2 rings (SSSR count). The highest BCUT2D eigenvalue weighted by molar-refractivity contribution is 9.10. The van der Waals surface area contributed by atoms with Gasteiger partial charge in [0.05, 0.1) is 15.9 Å². The van der Waals surface area contributed by atoms with Gasteiger partial charge < -0.3 is 0 Å². The maximum atomic E-state index is 4.47. The smallest absolute Gasteiger partial charge is 0.0739 e. The van der Waals surface area contributed by atoms with E-state index < -0.39 is 0 Å². The van der Waals surface area contributed by atoms with Crippen molar-refractivity contribution in [1.82, 2.24) is 14.7 Å². The lowest BCUT2D eigenvalue weighted by molar-refractivity contribution is 0.200. The number of thiophene rings is 1. The largest absolute Gasteiger partial charge is 0.290 e. The lowest BCUT2D eigenvalue weighted by Gasteiger charge is -2.26. The third kappa shape index (κ3) is 3.46. The molecule has 2 heterocycles. The molecule has 0 atom stereocenters. The number of nitrogens with zero attached hydrogens (tertiary/aromatic N) is 3. The van der Waals surface area contributed by atoms with Crippen molar-refractivity contribution >= 4 is 27.3 Å². The van der Waals surface area contributed by atoms with Gasteiger partial charge in [0.15, 0.2) is 0 Å². The molecule has 0 fully saturated rings. The van der Waals surface area contributed by atoms with Gasteiger partial charge in [0, 0.05) is 31.1 Å². The van der Waals surface area contributed by atoms with Crippen LogP contribution in [0.3, 0.4) is 0 Å². The Bertz CT molecular complexity index is 531. The average molecular weight is 342 g/mol. The summed E-state index contributed by atoms with van der Waals surface area (Å²) in [7, 11) is 2.01. The van der Waals surface area contributed by atoms with E-state index in [0.29, 0.717) is 6.04 Å². The molecule has 0 aliphatic rings. The van der Waals surface area contributed by atoms with Crippen molar-refractivity contribution < 1.29 is 0 Å². The first-order valence-electron chi connectivity index (χ1n) is 6.43. The molecule has 104 valence electrons. The number of rotatable bonds is 5. The Hall–Kier alpha value is -0.650. The van der Waals surface area contributed by atoms with Gasteiger partial charge in [-0.05, 0) is 48.1 Å². The van der Waals surface area contributed by atoms with Crippen molar-refractivity contribution in [1.29, 1.82) is 0 Å². The van der Waals surface area contributed by atoms with Crippen LogP contribution < -0.4 is 0 Å². The highest BCUT2D eigenvalue weighted by Crippen LogP contribution is 2.24. The molecule has 2 aromatic rings. The topological polar surface area (TPSA) is 21.1 Å². The second-order valence-corrected chi connectivity index (χ2v) is 6.87. The van der Waals surface area contributed by atoms with Gasteiger partial charge in [0.25, 0.3) is 0 Å². The minimum atomic E-state index is 0.504. The minimum absolute atomic E-state index is 0.504. The van der Waals surface area contributed by atoms with E-state index in [1.165, 1.54) is 10.6 Å². The molecule has 0 aliphatic heterocycles. The van der Waals surface area contributed by atoms with E-state index in [0.717, 1.165) is 23.3 Å². The molecule has 2 aromatic heterocycles. The van der Waals surface area contributed by atoms with Crippen LogP contribution in [0.15, 0.2) is 22.0 Å². The molecule has 0 saturated heterocycles. The molecule has 0 amide bonds. The molecule has 3 nitrogen and oxygen atoms in total. The first kappa shape index (κ1) is 14.8. The predicted octanol–water partition coefficient (Wildman–Crippen LogP) is 3.96. The first-order valence-corrected chi connectivity index (χ1v) is 8.10. The molecule has 0 unspecified atom stereocenters. The minimum Gasteiger partial charge on any atom is -0.290 e. The number of aryl methyl sites for hydroxylation is 2. The van der Waals surface area contributed by atoms with E-state index in [2.05, 4.69) is 57.3 Å². The molecule has 0 bridgehead atoms. The van der Waals surface area contributed by atoms with E-state index in [4.69, 9.17) is 0 Å². The Morgan fingerprint density at radius 3 is 2.63 bits per heavy atom. The monoisotopic (exact) mass is 341 g/mol. The van der Waals surface area contributed by atoms with Crippen molar-refractivity contribution in [3.05, 3.63) is 38.3 Å². The lowest BCUT2D eigenvalue weighted by Crippen LogP contribution is -2.30.